The van der Waals surface area contributed by atoms with Crippen molar-refractivity contribution < 1.29 is 5.21 Å². The maximum absolute atomic E-state index is 8.37. The molecule has 51 valence electrons. The summed E-state index contributed by atoms with van der Waals surface area (Å²) in [6.07, 6.45) is 0. The van der Waals surface area contributed by atoms with Crippen LogP contribution < -0.4 is 0 Å². The van der Waals surface area contributed by atoms with Crippen molar-refractivity contribution in [1.82, 2.24) is 0 Å². The molecule has 1 aromatic carbocycles. The first kappa shape index (κ1) is 6.81. The Balaban J connectivity index is 2.96. The Labute approximate surface area is 59.8 Å². The van der Waals surface area contributed by atoms with Gasteiger partial charge in [0.15, 0.2) is 0 Å². The molecule has 0 amide bonds. The Hall–Kier alpha value is -1.31. The lowest BCUT2D eigenvalue weighted by Crippen LogP contribution is -1.92. The van der Waals surface area contributed by atoms with Gasteiger partial charge in [-0.2, -0.15) is 0 Å². The van der Waals surface area contributed by atoms with Gasteiger partial charge < -0.3 is 5.21 Å². The third kappa shape index (κ3) is 1.35. The molecular formula is C8H8NO. The molecule has 0 saturated heterocycles. The van der Waals surface area contributed by atoms with E-state index in [0.717, 1.165) is 5.56 Å². The average Bonchev–Trinajstić information content (AvgIpc) is 2.05. The molecule has 0 aliphatic rings. The SMILES string of the molecule is C/C(=N\O)c1cc[c]cc1. The van der Waals surface area contributed by atoms with E-state index in [9.17, 15) is 0 Å². The van der Waals surface area contributed by atoms with E-state index in [-0.39, 0.29) is 0 Å². The van der Waals surface area contributed by atoms with Crippen molar-refractivity contribution in [3.05, 3.63) is 35.9 Å². The molecule has 10 heavy (non-hydrogen) atoms. The summed E-state index contributed by atoms with van der Waals surface area (Å²) in [5, 5.41) is 11.4. The van der Waals surface area contributed by atoms with Crippen LogP contribution in [0.25, 0.3) is 0 Å². The van der Waals surface area contributed by atoms with Crippen LogP contribution in [0.3, 0.4) is 0 Å². The van der Waals surface area contributed by atoms with Crippen molar-refractivity contribution in [2.45, 2.75) is 6.92 Å². The number of benzene rings is 1. The van der Waals surface area contributed by atoms with E-state index in [1.165, 1.54) is 0 Å². The largest absolute Gasteiger partial charge is 0.411 e. The minimum atomic E-state index is 0.619. The first-order valence-corrected chi connectivity index (χ1v) is 2.99. The molecule has 0 unspecified atom stereocenters. The second-order valence-corrected chi connectivity index (χ2v) is 1.97. The second kappa shape index (κ2) is 3.01. The van der Waals surface area contributed by atoms with Gasteiger partial charge in [-0.25, -0.2) is 0 Å². The highest BCUT2D eigenvalue weighted by Crippen LogP contribution is 1.98. The molecule has 1 N–H and O–H groups in total. The van der Waals surface area contributed by atoms with Crippen LogP contribution in [-0.2, 0) is 0 Å². The molecule has 0 spiro atoms. The van der Waals surface area contributed by atoms with Crippen LogP contribution in [0.4, 0.5) is 0 Å². The lowest BCUT2D eigenvalue weighted by molar-refractivity contribution is 0.319. The van der Waals surface area contributed by atoms with Gasteiger partial charge in [0.2, 0.25) is 0 Å². The molecular weight excluding hydrogens is 126 g/mol. The molecule has 0 aliphatic carbocycles. The normalized spacial score (nSPS) is 11.5. The first-order chi connectivity index (χ1) is 4.84. The summed E-state index contributed by atoms with van der Waals surface area (Å²) in [5.74, 6) is 0. The molecule has 2 nitrogen and oxygen atoms in total. The van der Waals surface area contributed by atoms with Crippen LogP contribution in [0, 0.1) is 6.07 Å². The zero-order valence-corrected chi connectivity index (χ0v) is 5.70. The maximum Gasteiger partial charge on any atom is 0.0836 e. The molecule has 0 saturated carbocycles. The summed E-state index contributed by atoms with van der Waals surface area (Å²) in [6, 6.07) is 10.1. The summed E-state index contributed by atoms with van der Waals surface area (Å²) in [7, 11) is 0. The smallest absolute Gasteiger partial charge is 0.0836 e. The van der Waals surface area contributed by atoms with Crippen LogP contribution in [-0.4, -0.2) is 10.9 Å². The minimum absolute atomic E-state index is 0.619. The predicted octanol–water partition coefficient (Wildman–Crippen LogP) is 1.68. The predicted molar refractivity (Wildman–Crippen MR) is 39.3 cm³/mol. The second-order valence-electron chi connectivity index (χ2n) is 1.97. The van der Waals surface area contributed by atoms with Crippen LogP contribution in [0.1, 0.15) is 12.5 Å². The molecule has 0 atom stereocenters. The summed E-state index contributed by atoms with van der Waals surface area (Å²) >= 11 is 0. The van der Waals surface area contributed by atoms with Gasteiger partial charge in [0, 0.05) is 0 Å². The van der Waals surface area contributed by atoms with Crippen LogP contribution in [0.15, 0.2) is 29.4 Å². The van der Waals surface area contributed by atoms with Crippen molar-refractivity contribution in [2.24, 2.45) is 5.16 Å². The highest BCUT2D eigenvalue weighted by atomic mass is 16.4. The van der Waals surface area contributed by atoms with Crippen molar-refractivity contribution in [3.8, 4) is 0 Å². The minimum Gasteiger partial charge on any atom is -0.411 e. The molecule has 0 aromatic heterocycles. The van der Waals surface area contributed by atoms with E-state index < -0.39 is 0 Å². The van der Waals surface area contributed by atoms with Crippen LogP contribution in [0.2, 0.25) is 0 Å². The lowest BCUT2D eigenvalue weighted by atomic mass is 10.1. The van der Waals surface area contributed by atoms with Crippen LogP contribution in [0.5, 0.6) is 0 Å². The lowest BCUT2D eigenvalue weighted by Gasteiger charge is -1.94. The number of hydrogen-bond acceptors (Lipinski definition) is 2. The molecule has 2 heteroatoms. The summed E-state index contributed by atoms with van der Waals surface area (Å²) in [6.45, 7) is 1.75. The summed E-state index contributed by atoms with van der Waals surface area (Å²) in [4.78, 5) is 0. The van der Waals surface area contributed by atoms with Gasteiger partial charge >= 0.3 is 0 Å². The van der Waals surface area contributed by atoms with Crippen molar-refractivity contribution >= 4 is 5.71 Å². The third-order valence-corrected chi connectivity index (χ3v) is 1.29. The molecule has 0 aliphatic heterocycles. The fourth-order valence-corrected chi connectivity index (χ4v) is 0.686. The highest BCUT2D eigenvalue weighted by molar-refractivity contribution is 5.98. The van der Waals surface area contributed by atoms with Gasteiger partial charge in [-0.3, -0.25) is 0 Å². The van der Waals surface area contributed by atoms with E-state index in [4.69, 9.17) is 5.21 Å². The Kier molecular flexibility index (Phi) is 2.05. The van der Waals surface area contributed by atoms with E-state index in [0.29, 0.717) is 5.71 Å². The van der Waals surface area contributed by atoms with Crippen molar-refractivity contribution in [3.63, 3.8) is 0 Å². The Morgan fingerprint density at radius 2 is 2.10 bits per heavy atom. The van der Waals surface area contributed by atoms with E-state index in [1.54, 1.807) is 19.1 Å². The number of rotatable bonds is 1. The quantitative estimate of drug-likeness (QED) is 0.354. The molecule has 0 bridgehead atoms. The Bertz CT molecular complexity index is 228. The number of oxime groups is 1. The van der Waals surface area contributed by atoms with Crippen molar-refractivity contribution in [1.29, 1.82) is 0 Å². The van der Waals surface area contributed by atoms with E-state index in [2.05, 4.69) is 11.2 Å². The Morgan fingerprint density at radius 3 is 2.60 bits per heavy atom. The monoisotopic (exact) mass is 134 g/mol. The summed E-state index contributed by atoms with van der Waals surface area (Å²) < 4.78 is 0. The molecule has 0 fully saturated rings. The Morgan fingerprint density at radius 1 is 1.50 bits per heavy atom. The summed E-state index contributed by atoms with van der Waals surface area (Å²) in [5.41, 5.74) is 1.54. The first-order valence-electron chi connectivity index (χ1n) is 2.99. The molecule has 0 heterocycles. The topological polar surface area (TPSA) is 32.6 Å². The fourth-order valence-electron chi connectivity index (χ4n) is 0.686. The fraction of sp³-hybridized carbons (Fsp3) is 0.125. The van der Waals surface area contributed by atoms with Crippen LogP contribution >= 0.6 is 0 Å². The molecule has 1 rings (SSSR count). The average molecular weight is 134 g/mol. The van der Waals surface area contributed by atoms with Gasteiger partial charge in [-0.15, -0.1) is 0 Å². The number of nitrogens with zero attached hydrogens (tertiary/aromatic N) is 1. The number of hydrogen-bond donors (Lipinski definition) is 1. The van der Waals surface area contributed by atoms with E-state index >= 15 is 0 Å². The van der Waals surface area contributed by atoms with Gasteiger partial charge in [-0.05, 0) is 18.6 Å². The van der Waals surface area contributed by atoms with Gasteiger partial charge in [0.25, 0.3) is 0 Å². The van der Waals surface area contributed by atoms with Gasteiger partial charge in [0.1, 0.15) is 0 Å². The van der Waals surface area contributed by atoms with E-state index in [1.807, 2.05) is 12.1 Å². The maximum atomic E-state index is 8.37. The van der Waals surface area contributed by atoms with Gasteiger partial charge in [-0.1, -0.05) is 29.4 Å². The molecule has 1 aromatic rings. The zero-order chi connectivity index (χ0) is 7.40. The third-order valence-electron chi connectivity index (χ3n) is 1.29. The van der Waals surface area contributed by atoms with Crippen molar-refractivity contribution in [2.75, 3.05) is 0 Å². The standard InChI is InChI=1S/C8H8NO/c1-7(9-10)8-5-3-2-4-6-8/h3-6,10H,1H3/b9-7+. The van der Waals surface area contributed by atoms with Gasteiger partial charge in [0.05, 0.1) is 5.71 Å². The highest BCUT2D eigenvalue weighted by Gasteiger charge is 1.92. The molecule has 1 radical (unpaired) electrons. The zero-order valence-electron chi connectivity index (χ0n) is 5.70.